The van der Waals surface area contributed by atoms with Crippen molar-refractivity contribution in [3.05, 3.63) is 48.8 Å². The van der Waals surface area contributed by atoms with Gasteiger partial charge in [-0.3, -0.25) is 0 Å². The number of aryl methyl sites for hydroxylation is 1. The molecule has 0 aliphatic heterocycles. The van der Waals surface area contributed by atoms with Crippen LogP contribution in [0.25, 0.3) is 21.8 Å². The van der Waals surface area contributed by atoms with Gasteiger partial charge in [0.2, 0.25) is 0 Å². The molecule has 2 N–H and O–H groups in total. The van der Waals surface area contributed by atoms with Crippen LogP contribution >= 0.6 is 0 Å². The van der Waals surface area contributed by atoms with Crippen molar-refractivity contribution >= 4 is 38.8 Å². The number of fused-ring (bicyclic) bond motifs is 2. The molecule has 6 nitrogen and oxygen atoms in total. The minimum Gasteiger partial charge on any atom is -0.605 e. The summed E-state index contributed by atoms with van der Waals surface area (Å²) in [4.78, 5) is 8.99. The first-order valence-electron chi connectivity index (χ1n) is 7.57. The van der Waals surface area contributed by atoms with Gasteiger partial charge in [-0.1, -0.05) is 30.3 Å². The van der Waals surface area contributed by atoms with Crippen molar-refractivity contribution in [3.63, 3.8) is 0 Å². The van der Waals surface area contributed by atoms with Gasteiger partial charge in [0, 0.05) is 23.1 Å². The lowest BCUT2D eigenvalue weighted by Gasteiger charge is -2.10. The zero-order valence-corrected chi connectivity index (χ0v) is 13.8. The topological polar surface area (TPSA) is 92.7 Å². The molecule has 2 heterocycles. The molecule has 0 fully saturated rings. The first kappa shape index (κ1) is 14.9. The van der Waals surface area contributed by atoms with E-state index in [4.69, 9.17) is 5.73 Å². The third kappa shape index (κ3) is 2.21. The van der Waals surface area contributed by atoms with Crippen molar-refractivity contribution in [2.75, 3.05) is 5.73 Å². The normalized spacial score (nSPS) is 12.8. The Kier molecular flexibility index (Phi) is 3.59. The third-order valence-electron chi connectivity index (χ3n) is 3.95. The minimum atomic E-state index is -1.48. The molecule has 120 valence electrons. The highest BCUT2D eigenvalue weighted by Crippen LogP contribution is 2.32. The number of hydrogen-bond donors (Lipinski definition) is 1. The van der Waals surface area contributed by atoms with E-state index >= 15 is 0 Å². The summed E-state index contributed by atoms with van der Waals surface area (Å²) in [7, 11) is 0. The second kappa shape index (κ2) is 5.77. The number of nitrogen functional groups attached to an aromatic ring is 1. The fourth-order valence-electron chi connectivity index (χ4n) is 2.81. The number of aromatic nitrogens is 4. The Labute approximate surface area is 141 Å². The van der Waals surface area contributed by atoms with Crippen molar-refractivity contribution in [1.82, 2.24) is 19.7 Å². The van der Waals surface area contributed by atoms with Crippen LogP contribution in [-0.2, 0) is 17.7 Å². The SMILES string of the molecule is CCn1nc([S+]([O-])c2cccc3ccccc23)c2c(N)ncnc21. The van der Waals surface area contributed by atoms with Crippen LogP contribution in [0.5, 0.6) is 0 Å². The molecule has 1 unspecified atom stereocenters. The maximum Gasteiger partial charge on any atom is 0.282 e. The van der Waals surface area contributed by atoms with Crippen molar-refractivity contribution in [3.8, 4) is 0 Å². The lowest BCUT2D eigenvalue weighted by molar-refractivity contribution is 0.584. The number of anilines is 1. The van der Waals surface area contributed by atoms with E-state index in [9.17, 15) is 4.55 Å². The second-order valence-corrected chi connectivity index (χ2v) is 6.69. The molecule has 0 spiro atoms. The van der Waals surface area contributed by atoms with Crippen LogP contribution < -0.4 is 5.73 Å². The van der Waals surface area contributed by atoms with E-state index in [0.717, 1.165) is 10.8 Å². The van der Waals surface area contributed by atoms with Crippen molar-refractivity contribution in [1.29, 1.82) is 0 Å². The fourth-order valence-corrected chi connectivity index (χ4v) is 4.16. The van der Waals surface area contributed by atoms with E-state index in [1.54, 1.807) is 4.68 Å². The monoisotopic (exact) mass is 337 g/mol. The highest BCUT2D eigenvalue weighted by Gasteiger charge is 2.27. The Morgan fingerprint density at radius 3 is 2.75 bits per heavy atom. The summed E-state index contributed by atoms with van der Waals surface area (Å²) in [6, 6.07) is 13.6. The van der Waals surface area contributed by atoms with Gasteiger partial charge in [0.05, 0.1) is 0 Å². The van der Waals surface area contributed by atoms with Crippen LogP contribution in [-0.4, -0.2) is 24.3 Å². The smallest absolute Gasteiger partial charge is 0.282 e. The Morgan fingerprint density at radius 1 is 1.12 bits per heavy atom. The number of rotatable bonds is 3. The first-order chi connectivity index (χ1) is 11.7. The molecule has 1 atom stereocenters. The average molecular weight is 337 g/mol. The van der Waals surface area contributed by atoms with Gasteiger partial charge in [-0.2, -0.15) is 0 Å². The van der Waals surface area contributed by atoms with Crippen LogP contribution in [0.15, 0.2) is 58.7 Å². The first-order valence-corrected chi connectivity index (χ1v) is 8.72. The highest BCUT2D eigenvalue weighted by molar-refractivity contribution is 7.91. The molecule has 4 aromatic rings. The van der Waals surface area contributed by atoms with Gasteiger partial charge >= 0.3 is 0 Å². The van der Waals surface area contributed by atoms with E-state index in [0.29, 0.717) is 33.3 Å². The summed E-state index contributed by atoms with van der Waals surface area (Å²) in [5.41, 5.74) is 6.62. The molecule has 4 rings (SSSR count). The van der Waals surface area contributed by atoms with E-state index in [-0.39, 0.29) is 0 Å². The Balaban J connectivity index is 1.97. The predicted octanol–water partition coefficient (Wildman–Crippen LogP) is 2.75. The average Bonchev–Trinajstić information content (AvgIpc) is 3.01. The summed E-state index contributed by atoms with van der Waals surface area (Å²) < 4.78 is 15.0. The molecular weight excluding hydrogens is 322 g/mol. The van der Waals surface area contributed by atoms with Gasteiger partial charge in [0.1, 0.15) is 17.5 Å². The van der Waals surface area contributed by atoms with Gasteiger partial charge in [-0.25, -0.2) is 14.6 Å². The molecule has 0 aliphatic carbocycles. The predicted molar refractivity (Wildman–Crippen MR) is 94.0 cm³/mol. The van der Waals surface area contributed by atoms with E-state index in [1.807, 2.05) is 49.4 Å². The standard InChI is InChI=1S/C17H15N5OS/c1-2-22-16-14(15(18)19-10-20-16)17(21-22)24(23)13-9-5-7-11-6-3-4-8-12(11)13/h3-10H,2H2,1H3,(H2,18,19,20). The lowest BCUT2D eigenvalue weighted by atomic mass is 10.1. The maximum absolute atomic E-state index is 13.3. The third-order valence-corrected chi connectivity index (χ3v) is 5.34. The van der Waals surface area contributed by atoms with E-state index in [1.165, 1.54) is 6.33 Å². The largest absolute Gasteiger partial charge is 0.605 e. The maximum atomic E-state index is 13.3. The highest BCUT2D eigenvalue weighted by atomic mass is 32.2. The molecule has 2 aromatic carbocycles. The van der Waals surface area contributed by atoms with Crippen molar-refractivity contribution in [2.45, 2.75) is 23.4 Å². The zero-order chi connectivity index (χ0) is 16.7. The van der Waals surface area contributed by atoms with Crippen LogP contribution in [0.2, 0.25) is 0 Å². The van der Waals surface area contributed by atoms with E-state index < -0.39 is 11.2 Å². The lowest BCUT2D eigenvalue weighted by Crippen LogP contribution is -2.06. The summed E-state index contributed by atoms with van der Waals surface area (Å²) >= 11 is -1.48. The summed E-state index contributed by atoms with van der Waals surface area (Å²) in [6.45, 7) is 2.56. The molecule has 7 heteroatoms. The van der Waals surface area contributed by atoms with Gasteiger partial charge in [-0.05, 0) is 24.4 Å². The van der Waals surface area contributed by atoms with Crippen molar-refractivity contribution < 1.29 is 4.55 Å². The molecular formula is C17H15N5OS. The zero-order valence-electron chi connectivity index (χ0n) is 13.0. The fraction of sp³-hybridized carbons (Fsp3) is 0.118. The molecule has 0 aliphatic rings. The molecule has 0 radical (unpaired) electrons. The number of hydrogen-bond acceptors (Lipinski definition) is 5. The van der Waals surface area contributed by atoms with Gasteiger partial charge < -0.3 is 10.3 Å². The Bertz CT molecular complexity index is 1040. The molecule has 0 amide bonds. The van der Waals surface area contributed by atoms with E-state index in [2.05, 4.69) is 15.1 Å². The summed E-state index contributed by atoms with van der Waals surface area (Å²) in [6.07, 6.45) is 1.40. The van der Waals surface area contributed by atoms with Gasteiger partial charge in [0.25, 0.3) is 5.03 Å². The molecule has 24 heavy (non-hydrogen) atoms. The Hall–Kier alpha value is -2.64. The van der Waals surface area contributed by atoms with Crippen LogP contribution in [0.3, 0.4) is 0 Å². The minimum absolute atomic E-state index is 0.295. The van der Waals surface area contributed by atoms with Crippen molar-refractivity contribution in [2.24, 2.45) is 0 Å². The van der Waals surface area contributed by atoms with Gasteiger partial charge in [0.15, 0.2) is 10.5 Å². The number of benzene rings is 2. The molecule has 0 bridgehead atoms. The number of nitrogens with two attached hydrogens (primary N) is 1. The quantitative estimate of drug-likeness (QED) is 0.580. The Morgan fingerprint density at radius 2 is 1.92 bits per heavy atom. The van der Waals surface area contributed by atoms with Crippen LogP contribution in [0.4, 0.5) is 5.82 Å². The molecule has 0 saturated carbocycles. The summed E-state index contributed by atoms with van der Waals surface area (Å²) in [5.74, 6) is 0.295. The number of nitrogens with zero attached hydrogens (tertiary/aromatic N) is 4. The molecule has 0 saturated heterocycles. The van der Waals surface area contributed by atoms with Gasteiger partial charge in [-0.15, -0.1) is 5.10 Å². The molecule has 2 aromatic heterocycles. The summed E-state index contributed by atoms with van der Waals surface area (Å²) in [5, 5.41) is 7.42. The van der Waals surface area contributed by atoms with Crippen LogP contribution in [0.1, 0.15) is 6.92 Å². The second-order valence-electron chi connectivity index (χ2n) is 5.32. The van der Waals surface area contributed by atoms with Crippen LogP contribution in [0, 0.1) is 0 Å².